The van der Waals surface area contributed by atoms with Gasteiger partial charge in [-0.3, -0.25) is 4.68 Å². The Morgan fingerprint density at radius 1 is 1.44 bits per heavy atom. The van der Waals surface area contributed by atoms with Crippen molar-refractivity contribution in [2.75, 3.05) is 5.73 Å². The summed E-state index contributed by atoms with van der Waals surface area (Å²) in [6.07, 6.45) is 7.77. The van der Waals surface area contributed by atoms with E-state index in [1.165, 1.54) is 0 Å². The number of imidazole rings is 1. The quantitative estimate of drug-likeness (QED) is 0.850. The number of anilines is 1. The second-order valence-electron chi connectivity index (χ2n) is 3.93. The van der Waals surface area contributed by atoms with Crippen molar-refractivity contribution in [3.63, 3.8) is 0 Å². The number of hydrogen-bond donors (Lipinski definition) is 1. The zero-order chi connectivity index (χ0) is 11.5. The predicted octanol–water partition coefficient (Wildman–Crippen LogP) is 1.67. The van der Waals surface area contributed by atoms with E-state index in [0.717, 1.165) is 36.5 Å². The maximum absolute atomic E-state index is 6.05. The van der Waals surface area contributed by atoms with Crippen LogP contribution in [0.4, 0.5) is 5.82 Å². The van der Waals surface area contributed by atoms with Crippen molar-refractivity contribution >= 4 is 5.82 Å². The van der Waals surface area contributed by atoms with Gasteiger partial charge in [0.2, 0.25) is 0 Å². The van der Waals surface area contributed by atoms with Crippen molar-refractivity contribution in [2.24, 2.45) is 7.05 Å². The average Bonchev–Trinajstić information content (AvgIpc) is 2.83. The van der Waals surface area contributed by atoms with E-state index in [-0.39, 0.29) is 0 Å². The summed E-state index contributed by atoms with van der Waals surface area (Å²) in [5.74, 6) is 0.724. The lowest BCUT2D eigenvalue weighted by Crippen LogP contribution is -2.01. The Morgan fingerprint density at radius 3 is 2.88 bits per heavy atom. The predicted molar refractivity (Wildman–Crippen MR) is 63.7 cm³/mol. The molecule has 0 aromatic carbocycles. The van der Waals surface area contributed by atoms with Crippen LogP contribution in [0.1, 0.15) is 19.8 Å². The molecule has 2 aromatic heterocycles. The Balaban J connectivity index is 2.26. The Bertz CT molecular complexity index is 468. The van der Waals surface area contributed by atoms with Crippen molar-refractivity contribution in [1.82, 2.24) is 19.3 Å². The van der Waals surface area contributed by atoms with Crippen LogP contribution in [-0.2, 0) is 13.6 Å². The molecule has 2 rings (SSSR count). The maximum atomic E-state index is 6.05. The standard InChI is InChI=1S/C11H17N5/c1-3-4-5-16-8-13-10(11(16)12)9-6-14-15(2)7-9/h6-8H,3-5,12H2,1-2H3. The van der Waals surface area contributed by atoms with Crippen molar-refractivity contribution in [3.05, 3.63) is 18.7 Å². The lowest BCUT2D eigenvalue weighted by atomic mass is 10.2. The molecule has 0 saturated carbocycles. The normalized spacial score (nSPS) is 10.9. The van der Waals surface area contributed by atoms with Gasteiger partial charge in [-0.1, -0.05) is 13.3 Å². The first-order valence-corrected chi connectivity index (χ1v) is 5.52. The lowest BCUT2D eigenvalue weighted by molar-refractivity contribution is 0.637. The van der Waals surface area contributed by atoms with E-state index in [1.807, 2.05) is 17.8 Å². The minimum atomic E-state index is 0.724. The molecule has 2 heterocycles. The van der Waals surface area contributed by atoms with Crippen molar-refractivity contribution < 1.29 is 0 Å². The van der Waals surface area contributed by atoms with Crippen LogP contribution < -0.4 is 5.73 Å². The molecule has 0 unspecified atom stereocenters. The molecule has 0 saturated heterocycles. The molecule has 0 amide bonds. The number of hydrogen-bond acceptors (Lipinski definition) is 3. The van der Waals surface area contributed by atoms with Crippen molar-refractivity contribution in [3.8, 4) is 11.3 Å². The number of rotatable bonds is 4. The van der Waals surface area contributed by atoms with Gasteiger partial charge >= 0.3 is 0 Å². The smallest absolute Gasteiger partial charge is 0.131 e. The third kappa shape index (κ3) is 1.93. The van der Waals surface area contributed by atoms with Gasteiger partial charge in [-0.15, -0.1) is 0 Å². The van der Waals surface area contributed by atoms with Gasteiger partial charge in [0.15, 0.2) is 0 Å². The number of unbranched alkanes of at least 4 members (excludes halogenated alkanes) is 1. The van der Waals surface area contributed by atoms with E-state index < -0.39 is 0 Å². The number of nitrogens with zero attached hydrogens (tertiary/aromatic N) is 4. The van der Waals surface area contributed by atoms with Gasteiger partial charge in [0, 0.05) is 25.4 Å². The van der Waals surface area contributed by atoms with E-state index in [0.29, 0.717) is 0 Å². The van der Waals surface area contributed by atoms with E-state index in [9.17, 15) is 0 Å². The van der Waals surface area contributed by atoms with Gasteiger partial charge in [0.25, 0.3) is 0 Å². The highest BCUT2D eigenvalue weighted by Crippen LogP contribution is 2.23. The Kier molecular flexibility index (Phi) is 2.94. The maximum Gasteiger partial charge on any atom is 0.131 e. The second-order valence-corrected chi connectivity index (χ2v) is 3.93. The topological polar surface area (TPSA) is 61.7 Å². The molecule has 0 aliphatic carbocycles. The molecule has 2 N–H and O–H groups in total. The monoisotopic (exact) mass is 219 g/mol. The average molecular weight is 219 g/mol. The molecule has 0 bridgehead atoms. The second kappa shape index (κ2) is 4.38. The van der Waals surface area contributed by atoms with Crippen LogP contribution in [-0.4, -0.2) is 19.3 Å². The van der Waals surface area contributed by atoms with Crippen LogP contribution >= 0.6 is 0 Å². The molecule has 0 spiro atoms. The first-order valence-electron chi connectivity index (χ1n) is 5.52. The summed E-state index contributed by atoms with van der Waals surface area (Å²) >= 11 is 0. The first-order chi connectivity index (χ1) is 7.72. The van der Waals surface area contributed by atoms with Crippen LogP contribution in [0.2, 0.25) is 0 Å². The summed E-state index contributed by atoms with van der Waals surface area (Å²) in [4.78, 5) is 4.34. The summed E-state index contributed by atoms with van der Waals surface area (Å²) in [6.45, 7) is 3.09. The molecule has 0 atom stereocenters. The van der Waals surface area contributed by atoms with Crippen molar-refractivity contribution in [1.29, 1.82) is 0 Å². The molecule has 5 heteroatoms. The van der Waals surface area contributed by atoms with Crippen molar-refractivity contribution in [2.45, 2.75) is 26.3 Å². The summed E-state index contributed by atoms with van der Waals surface area (Å²) < 4.78 is 3.74. The fraction of sp³-hybridized carbons (Fsp3) is 0.455. The minimum absolute atomic E-state index is 0.724. The van der Waals surface area contributed by atoms with E-state index in [2.05, 4.69) is 17.0 Å². The molecule has 5 nitrogen and oxygen atoms in total. The molecule has 0 aliphatic rings. The number of aromatic nitrogens is 4. The van der Waals surface area contributed by atoms with Crippen LogP contribution in [0.3, 0.4) is 0 Å². The molecule has 86 valence electrons. The van der Waals surface area contributed by atoms with Gasteiger partial charge < -0.3 is 10.3 Å². The molecule has 16 heavy (non-hydrogen) atoms. The minimum Gasteiger partial charge on any atom is -0.383 e. The number of nitrogens with two attached hydrogens (primary N) is 1. The van der Waals surface area contributed by atoms with E-state index >= 15 is 0 Å². The number of nitrogen functional groups attached to an aromatic ring is 1. The first kappa shape index (κ1) is 10.7. The highest BCUT2D eigenvalue weighted by atomic mass is 15.2. The molecule has 0 radical (unpaired) electrons. The summed E-state index contributed by atoms with van der Waals surface area (Å²) in [7, 11) is 1.88. The van der Waals surface area contributed by atoms with Gasteiger partial charge in [-0.25, -0.2) is 4.98 Å². The molecule has 0 fully saturated rings. The van der Waals surface area contributed by atoms with Gasteiger partial charge in [0.05, 0.1) is 12.5 Å². The molecular weight excluding hydrogens is 202 g/mol. The SMILES string of the molecule is CCCCn1cnc(-c2cnn(C)c2)c1N. The highest BCUT2D eigenvalue weighted by Gasteiger charge is 2.10. The zero-order valence-electron chi connectivity index (χ0n) is 9.72. The fourth-order valence-electron chi connectivity index (χ4n) is 1.66. The zero-order valence-corrected chi connectivity index (χ0v) is 9.72. The lowest BCUT2D eigenvalue weighted by Gasteiger charge is -2.03. The van der Waals surface area contributed by atoms with E-state index in [1.54, 1.807) is 17.2 Å². The largest absolute Gasteiger partial charge is 0.383 e. The fourth-order valence-corrected chi connectivity index (χ4v) is 1.66. The van der Waals surface area contributed by atoms with E-state index in [4.69, 9.17) is 5.73 Å². The van der Waals surface area contributed by atoms with Crippen LogP contribution in [0.25, 0.3) is 11.3 Å². The van der Waals surface area contributed by atoms with Gasteiger partial charge in [0.1, 0.15) is 11.5 Å². The highest BCUT2D eigenvalue weighted by molar-refractivity contribution is 5.69. The molecule has 2 aromatic rings. The molecular formula is C11H17N5. The summed E-state index contributed by atoms with van der Waals surface area (Å²) in [6, 6.07) is 0. The summed E-state index contributed by atoms with van der Waals surface area (Å²) in [5.41, 5.74) is 7.84. The Hall–Kier alpha value is -1.78. The Morgan fingerprint density at radius 2 is 2.25 bits per heavy atom. The Labute approximate surface area is 94.9 Å². The van der Waals surface area contributed by atoms with Crippen LogP contribution in [0, 0.1) is 0 Å². The van der Waals surface area contributed by atoms with Gasteiger partial charge in [-0.2, -0.15) is 5.10 Å². The third-order valence-corrected chi connectivity index (χ3v) is 2.61. The summed E-state index contributed by atoms with van der Waals surface area (Å²) in [5, 5.41) is 4.12. The molecule has 0 aliphatic heterocycles. The number of aryl methyl sites for hydroxylation is 2. The van der Waals surface area contributed by atoms with Crippen LogP contribution in [0.5, 0.6) is 0 Å². The van der Waals surface area contributed by atoms with Gasteiger partial charge in [-0.05, 0) is 6.42 Å². The third-order valence-electron chi connectivity index (χ3n) is 2.61. The van der Waals surface area contributed by atoms with Crippen LogP contribution in [0.15, 0.2) is 18.7 Å².